The van der Waals surface area contributed by atoms with E-state index < -0.39 is 45.0 Å². The lowest BCUT2D eigenvalue weighted by atomic mass is 9.46. The number of esters is 1. The van der Waals surface area contributed by atoms with Crippen molar-refractivity contribution in [2.24, 2.45) is 22.7 Å². The van der Waals surface area contributed by atoms with Crippen LogP contribution in [0, 0.1) is 22.7 Å². The fraction of sp³-hybridized carbons (Fsp3) is 0.696. The van der Waals surface area contributed by atoms with Crippen molar-refractivity contribution in [2.75, 3.05) is 6.61 Å². The van der Waals surface area contributed by atoms with E-state index in [4.69, 9.17) is 27.9 Å². The molecule has 0 heterocycles. The van der Waals surface area contributed by atoms with Gasteiger partial charge in [0.1, 0.15) is 5.60 Å². The number of ether oxygens (including phenoxy) is 1. The van der Waals surface area contributed by atoms with Crippen LogP contribution in [0.15, 0.2) is 23.8 Å². The number of carbonyl (C=O) groups is 3. The van der Waals surface area contributed by atoms with Gasteiger partial charge in [0, 0.05) is 17.8 Å². The predicted molar refractivity (Wildman–Crippen MR) is 113 cm³/mol. The number of ketones is 2. The first-order valence-electron chi connectivity index (χ1n) is 10.6. The lowest BCUT2D eigenvalue weighted by molar-refractivity contribution is -0.167. The zero-order valence-corrected chi connectivity index (χ0v) is 19.1. The van der Waals surface area contributed by atoms with E-state index in [0.29, 0.717) is 19.3 Å². The number of alkyl halides is 2. The molecule has 164 valence electrons. The third-order valence-electron chi connectivity index (χ3n) is 8.62. The highest BCUT2D eigenvalue weighted by atomic mass is 35.5. The molecule has 0 aromatic carbocycles. The number of fused-ring (bicyclic) bond motifs is 5. The van der Waals surface area contributed by atoms with Gasteiger partial charge in [0.15, 0.2) is 12.4 Å². The van der Waals surface area contributed by atoms with Gasteiger partial charge < -0.3 is 9.84 Å². The molecule has 0 amide bonds. The summed E-state index contributed by atoms with van der Waals surface area (Å²) in [5.41, 5.74) is -1.91. The molecule has 3 saturated carbocycles. The molecule has 1 unspecified atom stereocenters. The van der Waals surface area contributed by atoms with Crippen molar-refractivity contribution in [2.45, 2.75) is 68.7 Å². The van der Waals surface area contributed by atoms with E-state index in [2.05, 4.69) is 0 Å². The van der Waals surface area contributed by atoms with E-state index in [0.717, 1.165) is 18.4 Å². The second-order valence-corrected chi connectivity index (χ2v) is 11.0. The van der Waals surface area contributed by atoms with E-state index >= 15 is 0 Å². The number of aliphatic hydroxyl groups is 1. The van der Waals surface area contributed by atoms with Crippen LogP contribution in [0.1, 0.15) is 52.9 Å². The highest BCUT2D eigenvalue weighted by molar-refractivity contribution is 6.34. The Labute approximate surface area is 186 Å². The maximum Gasteiger partial charge on any atom is 0.303 e. The molecule has 30 heavy (non-hydrogen) atoms. The number of allylic oxidation sites excluding steroid dienone is 4. The molecule has 0 radical (unpaired) electrons. The Hall–Kier alpha value is -1.17. The van der Waals surface area contributed by atoms with Gasteiger partial charge in [0.25, 0.3) is 0 Å². The molecule has 4 aliphatic rings. The Balaban J connectivity index is 1.72. The van der Waals surface area contributed by atoms with Crippen molar-refractivity contribution < 1.29 is 24.2 Å². The molecule has 0 bridgehead atoms. The molecule has 0 saturated heterocycles. The minimum atomic E-state index is -1.60. The zero-order valence-electron chi connectivity index (χ0n) is 17.5. The molecule has 0 aromatic heterocycles. The third-order valence-corrected chi connectivity index (χ3v) is 10.2. The SMILES string of the molecule is CC(=O)OCC(=O)[C@@]1(O)CC[C@H]2[C@@H]3CCC4=CC(=O)C=C[C@]4(C)C3(Cl)[C@@H](Cl)C[C@@]21C. The van der Waals surface area contributed by atoms with Gasteiger partial charge in [-0.05, 0) is 56.1 Å². The van der Waals surface area contributed by atoms with Gasteiger partial charge in [-0.15, -0.1) is 23.2 Å². The Morgan fingerprint density at radius 2 is 1.97 bits per heavy atom. The van der Waals surface area contributed by atoms with Gasteiger partial charge in [0.2, 0.25) is 5.78 Å². The normalized spacial score (nSPS) is 47.1. The van der Waals surface area contributed by atoms with Gasteiger partial charge >= 0.3 is 5.97 Å². The van der Waals surface area contributed by atoms with Crippen LogP contribution in [0.3, 0.4) is 0 Å². The minimum absolute atomic E-state index is 0.000631. The number of halogens is 2. The molecule has 7 atom stereocenters. The molecule has 0 aliphatic heterocycles. The summed E-state index contributed by atoms with van der Waals surface area (Å²) >= 11 is 14.4. The summed E-state index contributed by atoms with van der Waals surface area (Å²) in [6.07, 6.45) is 7.97. The van der Waals surface area contributed by atoms with Crippen molar-refractivity contribution in [1.29, 1.82) is 0 Å². The summed E-state index contributed by atoms with van der Waals surface area (Å²) in [5, 5.41) is 11.0. The Morgan fingerprint density at radius 1 is 1.27 bits per heavy atom. The first kappa shape index (κ1) is 22.0. The molecule has 1 N–H and O–H groups in total. The van der Waals surface area contributed by atoms with Crippen molar-refractivity contribution in [3.63, 3.8) is 0 Å². The van der Waals surface area contributed by atoms with E-state index in [9.17, 15) is 19.5 Å². The standard InChI is InChI=1S/C23H28Cl2O5/c1-13(26)30-12-19(28)22(29)9-7-16-17-5-4-14-10-15(27)6-8-20(14,2)23(17,25)18(24)11-21(16,22)3/h6,8,10,16-18,29H,4-5,7,9,11-12H2,1-3H3/t16-,17-,18-,20-,21-,22-,23?/m0/s1. The summed E-state index contributed by atoms with van der Waals surface area (Å²) in [6, 6.07) is 0. The Bertz CT molecular complexity index is 881. The lowest BCUT2D eigenvalue weighted by Gasteiger charge is -2.63. The zero-order chi connectivity index (χ0) is 22.1. The number of carbonyl (C=O) groups excluding carboxylic acids is 3. The largest absolute Gasteiger partial charge is 0.458 e. The van der Waals surface area contributed by atoms with Crippen LogP contribution in [0.5, 0.6) is 0 Å². The van der Waals surface area contributed by atoms with E-state index in [1.54, 1.807) is 12.2 Å². The van der Waals surface area contributed by atoms with Crippen molar-refractivity contribution in [1.82, 2.24) is 0 Å². The average molecular weight is 455 g/mol. The molecule has 4 rings (SSSR count). The van der Waals surface area contributed by atoms with Gasteiger partial charge in [-0.2, -0.15) is 0 Å². The molecule has 3 fully saturated rings. The van der Waals surface area contributed by atoms with Gasteiger partial charge in [-0.25, -0.2) is 0 Å². The van der Waals surface area contributed by atoms with E-state index in [1.807, 2.05) is 19.9 Å². The lowest BCUT2D eigenvalue weighted by Crippen LogP contribution is -2.67. The van der Waals surface area contributed by atoms with Crippen molar-refractivity contribution >= 4 is 40.7 Å². The predicted octanol–water partition coefficient (Wildman–Crippen LogP) is 3.74. The number of rotatable bonds is 3. The quantitative estimate of drug-likeness (QED) is 0.518. The first-order valence-corrected chi connectivity index (χ1v) is 11.4. The third kappa shape index (κ3) is 2.67. The topological polar surface area (TPSA) is 80.7 Å². The van der Waals surface area contributed by atoms with Crippen LogP contribution in [-0.4, -0.2) is 45.1 Å². The summed E-state index contributed by atoms with van der Waals surface area (Å²) in [6.45, 7) is 4.78. The fourth-order valence-corrected chi connectivity index (χ4v) is 8.13. The van der Waals surface area contributed by atoms with Gasteiger partial charge in [-0.3, -0.25) is 14.4 Å². The van der Waals surface area contributed by atoms with Crippen LogP contribution in [-0.2, 0) is 19.1 Å². The van der Waals surface area contributed by atoms with Crippen LogP contribution in [0.25, 0.3) is 0 Å². The minimum Gasteiger partial charge on any atom is -0.458 e. The summed E-state index contributed by atoms with van der Waals surface area (Å²) in [4.78, 5) is 35.3. The summed E-state index contributed by atoms with van der Waals surface area (Å²) in [7, 11) is 0. The molecular weight excluding hydrogens is 427 g/mol. The molecule has 5 nitrogen and oxygen atoms in total. The first-order chi connectivity index (χ1) is 13.9. The van der Waals surface area contributed by atoms with Crippen molar-refractivity contribution in [3.05, 3.63) is 23.8 Å². The van der Waals surface area contributed by atoms with E-state index in [-0.39, 0.29) is 17.6 Å². The monoisotopic (exact) mass is 454 g/mol. The number of hydrogen-bond acceptors (Lipinski definition) is 5. The highest BCUT2D eigenvalue weighted by Gasteiger charge is 2.72. The van der Waals surface area contributed by atoms with Gasteiger partial charge in [0.05, 0.1) is 10.3 Å². The van der Waals surface area contributed by atoms with E-state index in [1.165, 1.54) is 6.92 Å². The number of hydrogen-bond donors (Lipinski definition) is 1. The molecule has 4 aliphatic carbocycles. The highest BCUT2D eigenvalue weighted by Crippen LogP contribution is 2.71. The summed E-state index contributed by atoms with van der Waals surface area (Å²) < 4.78 is 4.90. The maximum absolute atomic E-state index is 12.9. The maximum atomic E-state index is 12.9. The fourth-order valence-electron chi connectivity index (χ4n) is 6.89. The Morgan fingerprint density at radius 3 is 2.63 bits per heavy atom. The smallest absolute Gasteiger partial charge is 0.303 e. The van der Waals surface area contributed by atoms with Crippen molar-refractivity contribution in [3.8, 4) is 0 Å². The van der Waals surface area contributed by atoms with Gasteiger partial charge in [-0.1, -0.05) is 25.5 Å². The van der Waals surface area contributed by atoms with Crippen LogP contribution in [0.2, 0.25) is 0 Å². The number of Topliss-reactive ketones (excluding diaryl/α,β-unsaturated/α-hetero) is 1. The van der Waals surface area contributed by atoms with Crippen LogP contribution >= 0.6 is 23.2 Å². The van der Waals surface area contributed by atoms with Crippen LogP contribution in [0.4, 0.5) is 0 Å². The second-order valence-electron chi connectivity index (χ2n) is 9.82. The summed E-state index contributed by atoms with van der Waals surface area (Å²) in [5.74, 6) is -1.07. The second kappa shape index (κ2) is 6.91. The Kier molecular flexibility index (Phi) is 5.08. The average Bonchev–Trinajstić information content (AvgIpc) is 2.94. The van der Waals surface area contributed by atoms with Crippen LogP contribution < -0.4 is 0 Å². The molecule has 7 heteroatoms. The molecular formula is C23H28Cl2O5. The molecule has 0 spiro atoms. The molecule has 0 aromatic rings.